The number of hydrogen-bond donors (Lipinski definition) is 2. The molecule has 0 aromatic carbocycles. The summed E-state index contributed by atoms with van der Waals surface area (Å²) in [4.78, 5) is 6.98. The van der Waals surface area contributed by atoms with Crippen molar-refractivity contribution in [1.29, 1.82) is 0 Å². The standard InChI is InChI=1S/C7H12N2.C7H17N/c1-6(2)3-7-4-8-5-9-7;1-7(2)5-3-4-6-8/h4-6H,3H2,1-2H3,(H,8,9);7H,3-6,8H2,1-2H3. The van der Waals surface area contributed by atoms with Crippen molar-refractivity contribution in [3.8, 4) is 0 Å². The second-order valence-corrected chi connectivity index (χ2v) is 5.35. The van der Waals surface area contributed by atoms with E-state index in [-0.39, 0.29) is 0 Å². The first-order valence-corrected chi connectivity index (χ1v) is 6.73. The average Bonchev–Trinajstić information content (AvgIpc) is 2.70. The molecule has 1 heterocycles. The number of rotatable bonds is 6. The Labute approximate surface area is 106 Å². The molecular formula is C14H29N3. The Morgan fingerprint density at radius 3 is 2.29 bits per heavy atom. The summed E-state index contributed by atoms with van der Waals surface area (Å²) in [6.07, 6.45) is 8.52. The molecule has 1 rings (SSSR count). The molecule has 0 amide bonds. The number of aromatic amines is 1. The lowest BCUT2D eigenvalue weighted by molar-refractivity contribution is 0.541. The molecule has 0 unspecified atom stereocenters. The van der Waals surface area contributed by atoms with Gasteiger partial charge in [0, 0.05) is 11.9 Å². The zero-order chi connectivity index (χ0) is 13.1. The lowest BCUT2D eigenvalue weighted by Gasteiger charge is -2.00. The summed E-state index contributed by atoms with van der Waals surface area (Å²) >= 11 is 0. The van der Waals surface area contributed by atoms with Crippen molar-refractivity contribution in [3.63, 3.8) is 0 Å². The van der Waals surface area contributed by atoms with Crippen LogP contribution in [-0.2, 0) is 6.42 Å². The average molecular weight is 239 g/mol. The first-order chi connectivity index (χ1) is 8.06. The smallest absolute Gasteiger partial charge is 0.0921 e. The van der Waals surface area contributed by atoms with Crippen LogP contribution in [0.25, 0.3) is 0 Å². The van der Waals surface area contributed by atoms with E-state index in [9.17, 15) is 0 Å². The number of nitrogens with two attached hydrogens (primary N) is 1. The highest BCUT2D eigenvalue weighted by atomic mass is 14.9. The van der Waals surface area contributed by atoms with Gasteiger partial charge < -0.3 is 10.7 Å². The molecule has 17 heavy (non-hydrogen) atoms. The second-order valence-electron chi connectivity index (χ2n) is 5.35. The number of hydrogen-bond acceptors (Lipinski definition) is 2. The number of aromatic nitrogens is 2. The Morgan fingerprint density at radius 1 is 1.18 bits per heavy atom. The van der Waals surface area contributed by atoms with Crippen molar-refractivity contribution in [2.75, 3.05) is 6.54 Å². The van der Waals surface area contributed by atoms with Gasteiger partial charge in [0.15, 0.2) is 0 Å². The highest BCUT2D eigenvalue weighted by Crippen LogP contribution is 2.04. The van der Waals surface area contributed by atoms with Crippen LogP contribution in [0.2, 0.25) is 0 Å². The largest absolute Gasteiger partial charge is 0.348 e. The van der Waals surface area contributed by atoms with Crippen molar-refractivity contribution in [2.45, 2.75) is 53.4 Å². The molecule has 0 bridgehead atoms. The Morgan fingerprint density at radius 2 is 1.88 bits per heavy atom. The van der Waals surface area contributed by atoms with E-state index in [0.29, 0.717) is 5.92 Å². The van der Waals surface area contributed by atoms with E-state index in [4.69, 9.17) is 5.73 Å². The molecule has 0 aliphatic rings. The molecule has 0 aliphatic carbocycles. The Kier molecular flexibility index (Phi) is 9.83. The van der Waals surface area contributed by atoms with E-state index in [2.05, 4.69) is 37.7 Å². The quantitative estimate of drug-likeness (QED) is 0.748. The van der Waals surface area contributed by atoms with Crippen molar-refractivity contribution in [1.82, 2.24) is 9.97 Å². The zero-order valence-electron chi connectivity index (χ0n) is 11.9. The van der Waals surface area contributed by atoms with Crippen LogP contribution < -0.4 is 5.73 Å². The summed E-state index contributed by atoms with van der Waals surface area (Å²) < 4.78 is 0. The minimum atomic E-state index is 0.713. The highest BCUT2D eigenvalue weighted by Gasteiger charge is 1.96. The van der Waals surface area contributed by atoms with Gasteiger partial charge in [0.1, 0.15) is 0 Å². The monoisotopic (exact) mass is 239 g/mol. The molecule has 0 spiro atoms. The molecule has 0 aliphatic heterocycles. The third-order valence-electron chi connectivity index (χ3n) is 2.42. The zero-order valence-corrected chi connectivity index (χ0v) is 11.9. The highest BCUT2D eigenvalue weighted by molar-refractivity contribution is 4.94. The van der Waals surface area contributed by atoms with Crippen molar-refractivity contribution >= 4 is 0 Å². The van der Waals surface area contributed by atoms with Crippen LogP contribution in [0, 0.1) is 11.8 Å². The maximum absolute atomic E-state index is 5.31. The Hall–Kier alpha value is -0.830. The van der Waals surface area contributed by atoms with Crippen molar-refractivity contribution in [3.05, 3.63) is 18.2 Å². The second kappa shape index (κ2) is 10.3. The SMILES string of the molecule is CC(C)CCCCN.CC(C)Cc1cnc[nH]1. The van der Waals surface area contributed by atoms with Crippen LogP contribution >= 0.6 is 0 Å². The Balaban J connectivity index is 0.000000304. The van der Waals surface area contributed by atoms with E-state index >= 15 is 0 Å². The molecule has 3 N–H and O–H groups in total. The van der Waals surface area contributed by atoms with Gasteiger partial charge in [0.05, 0.1) is 6.33 Å². The van der Waals surface area contributed by atoms with Gasteiger partial charge in [-0.2, -0.15) is 0 Å². The normalized spacial score (nSPS) is 10.5. The molecule has 0 saturated heterocycles. The maximum atomic E-state index is 5.31. The fourth-order valence-electron chi connectivity index (χ4n) is 1.53. The third kappa shape index (κ3) is 11.4. The summed E-state index contributed by atoms with van der Waals surface area (Å²) in [5.41, 5.74) is 6.54. The van der Waals surface area contributed by atoms with E-state index in [0.717, 1.165) is 18.9 Å². The van der Waals surface area contributed by atoms with Crippen LogP contribution in [-0.4, -0.2) is 16.5 Å². The molecule has 3 heteroatoms. The molecule has 3 nitrogen and oxygen atoms in total. The number of unbranched alkanes of at least 4 members (excludes halogenated alkanes) is 1. The molecule has 1 aromatic heterocycles. The van der Waals surface area contributed by atoms with E-state index in [1.54, 1.807) is 6.33 Å². The van der Waals surface area contributed by atoms with Gasteiger partial charge >= 0.3 is 0 Å². The minimum Gasteiger partial charge on any atom is -0.348 e. The van der Waals surface area contributed by atoms with E-state index in [1.165, 1.54) is 25.0 Å². The number of nitrogens with zero attached hydrogens (tertiary/aromatic N) is 1. The van der Waals surface area contributed by atoms with Gasteiger partial charge in [-0.25, -0.2) is 4.98 Å². The lowest BCUT2D eigenvalue weighted by Crippen LogP contribution is -1.98. The van der Waals surface area contributed by atoms with Crippen LogP contribution in [0.1, 0.15) is 52.7 Å². The summed E-state index contributed by atoms with van der Waals surface area (Å²) in [7, 11) is 0. The van der Waals surface area contributed by atoms with Crippen molar-refractivity contribution < 1.29 is 0 Å². The summed E-state index contributed by atoms with van der Waals surface area (Å²) in [6, 6.07) is 0. The van der Waals surface area contributed by atoms with Gasteiger partial charge in [0.25, 0.3) is 0 Å². The molecule has 0 radical (unpaired) electrons. The predicted molar refractivity (Wildman–Crippen MR) is 74.9 cm³/mol. The molecule has 0 saturated carbocycles. The fourth-order valence-corrected chi connectivity index (χ4v) is 1.53. The first-order valence-electron chi connectivity index (χ1n) is 6.73. The first kappa shape index (κ1) is 16.2. The Bertz CT molecular complexity index is 240. The van der Waals surface area contributed by atoms with Gasteiger partial charge in [-0.15, -0.1) is 0 Å². The molecule has 1 aromatic rings. The molecule has 100 valence electrons. The van der Waals surface area contributed by atoms with Gasteiger partial charge in [-0.1, -0.05) is 40.5 Å². The fraction of sp³-hybridized carbons (Fsp3) is 0.786. The molecule has 0 fully saturated rings. The minimum absolute atomic E-state index is 0.713. The van der Waals surface area contributed by atoms with Crippen LogP contribution in [0.15, 0.2) is 12.5 Å². The number of H-pyrrole nitrogens is 1. The molecular weight excluding hydrogens is 210 g/mol. The topological polar surface area (TPSA) is 54.7 Å². The summed E-state index contributed by atoms with van der Waals surface area (Å²) in [5, 5.41) is 0. The van der Waals surface area contributed by atoms with Crippen LogP contribution in [0.3, 0.4) is 0 Å². The van der Waals surface area contributed by atoms with E-state index < -0.39 is 0 Å². The summed E-state index contributed by atoms with van der Waals surface area (Å²) in [5.74, 6) is 1.56. The van der Waals surface area contributed by atoms with E-state index in [1.807, 2.05) is 6.20 Å². The summed E-state index contributed by atoms with van der Waals surface area (Å²) in [6.45, 7) is 9.74. The van der Waals surface area contributed by atoms with Gasteiger partial charge in [-0.05, 0) is 31.2 Å². The van der Waals surface area contributed by atoms with Crippen molar-refractivity contribution in [2.24, 2.45) is 17.6 Å². The lowest BCUT2D eigenvalue weighted by atomic mass is 10.1. The number of nitrogens with one attached hydrogen (secondary N) is 1. The van der Waals surface area contributed by atoms with Gasteiger partial charge in [-0.3, -0.25) is 0 Å². The predicted octanol–water partition coefficient (Wildman–Crippen LogP) is 3.38. The number of imidazole rings is 1. The van der Waals surface area contributed by atoms with Crippen LogP contribution in [0.5, 0.6) is 0 Å². The molecule has 0 atom stereocenters. The van der Waals surface area contributed by atoms with Crippen LogP contribution in [0.4, 0.5) is 0 Å². The maximum Gasteiger partial charge on any atom is 0.0921 e. The third-order valence-corrected chi connectivity index (χ3v) is 2.42. The van der Waals surface area contributed by atoms with Gasteiger partial charge in [0.2, 0.25) is 0 Å².